The molecule has 1 amide bonds. The van der Waals surface area contributed by atoms with Crippen LogP contribution in [0.15, 0.2) is 0 Å². The summed E-state index contributed by atoms with van der Waals surface area (Å²) in [7, 11) is 0. The Morgan fingerprint density at radius 1 is 1.27 bits per heavy atom. The average molecular weight is 307 g/mol. The van der Waals surface area contributed by atoms with Gasteiger partial charge in [-0.1, -0.05) is 19.3 Å². The van der Waals surface area contributed by atoms with Crippen LogP contribution in [0, 0.1) is 0 Å². The van der Waals surface area contributed by atoms with Gasteiger partial charge in [-0.2, -0.15) is 4.80 Å². The average Bonchev–Trinajstić information content (AvgIpc) is 2.88. The fourth-order valence-corrected chi connectivity index (χ4v) is 3.10. The van der Waals surface area contributed by atoms with E-state index in [4.69, 9.17) is 0 Å². The van der Waals surface area contributed by atoms with Crippen LogP contribution in [0.25, 0.3) is 0 Å². The van der Waals surface area contributed by atoms with Crippen molar-refractivity contribution < 1.29 is 4.79 Å². The first-order valence-corrected chi connectivity index (χ1v) is 8.39. The SMILES string of the molecule is CC(C)N(C(=O)Cc1nnn(C(C)(C)C)n1)C1CCCCC1. The van der Waals surface area contributed by atoms with Crippen LogP contribution < -0.4 is 0 Å². The standard InChI is InChI=1S/C16H29N5O/c1-12(2)20(13-9-7-6-8-10-13)15(22)11-14-17-19-21(18-14)16(3,4)5/h12-13H,6-11H2,1-5H3. The minimum Gasteiger partial charge on any atom is -0.337 e. The minimum atomic E-state index is -0.213. The number of carbonyl (C=O) groups is 1. The highest BCUT2D eigenvalue weighted by Gasteiger charge is 2.28. The van der Waals surface area contributed by atoms with Crippen LogP contribution in [0.2, 0.25) is 0 Å². The lowest BCUT2D eigenvalue weighted by Gasteiger charge is -2.37. The number of aromatic nitrogens is 4. The molecule has 0 saturated heterocycles. The highest BCUT2D eigenvalue weighted by atomic mass is 16.2. The molecular formula is C16H29N5O. The predicted octanol–water partition coefficient (Wildman–Crippen LogP) is 2.54. The molecule has 0 spiro atoms. The first kappa shape index (κ1) is 16.9. The number of nitrogens with zero attached hydrogens (tertiary/aromatic N) is 5. The lowest BCUT2D eigenvalue weighted by atomic mass is 9.93. The van der Waals surface area contributed by atoms with E-state index in [0.29, 0.717) is 11.9 Å². The first-order chi connectivity index (χ1) is 10.3. The summed E-state index contributed by atoms with van der Waals surface area (Å²) in [5.74, 6) is 0.636. The van der Waals surface area contributed by atoms with Gasteiger partial charge in [-0.3, -0.25) is 4.79 Å². The topological polar surface area (TPSA) is 63.9 Å². The van der Waals surface area contributed by atoms with E-state index in [1.807, 2.05) is 25.7 Å². The molecule has 0 N–H and O–H groups in total. The molecule has 1 aliphatic rings. The number of hydrogen-bond donors (Lipinski definition) is 0. The maximum absolute atomic E-state index is 12.7. The summed E-state index contributed by atoms with van der Waals surface area (Å²) in [6.07, 6.45) is 6.21. The Bertz CT molecular complexity index is 497. The van der Waals surface area contributed by atoms with Crippen LogP contribution >= 0.6 is 0 Å². The number of tetrazole rings is 1. The molecule has 0 unspecified atom stereocenters. The Morgan fingerprint density at radius 2 is 1.91 bits per heavy atom. The van der Waals surface area contributed by atoms with E-state index < -0.39 is 0 Å². The van der Waals surface area contributed by atoms with Crippen LogP contribution in [-0.4, -0.2) is 43.1 Å². The van der Waals surface area contributed by atoms with Crippen molar-refractivity contribution in [3.8, 4) is 0 Å². The summed E-state index contributed by atoms with van der Waals surface area (Å²) >= 11 is 0. The zero-order chi connectivity index (χ0) is 16.3. The molecule has 1 saturated carbocycles. The normalized spacial score (nSPS) is 17.0. The third-order valence-electron chi connectivity index (χ3n) is 4.18. The maximum Gasteiger partial charge on any atom is 0.230 e. The Hall–Kier alpha value is -1.46. The molecule has 1 aromatic rings. The van der Waals surface area contributed by atoms with Crippen molar-refractivity contribution in [2.45, 2.75) is 90.8 Å². The number of carbonyl (C=O) groups excluding carboxylic acids is 1. The van der Waals surface area contributed by atoms with Crippen LogP contribution in [0.5, 0.6) is 0 Å². The van der Waals surface area contributed by atoms with E-state index in [1.54, 1.807) is 4.80 Å². The van der Waals surface area contributed by atoms with E-state index >= 15 is 0 Å². The highest BCUT2D eigenvalue weighted by Crippen LogP contribution is 2.24. The Morgan fingerprint density at radius 3 is 2.41 bits per heavy atom. The molecule has 22 heavy (non-hydrogen) atoms. The van der Waals surface area contributed by atoms with Crippen molar-refractivity contribution in [3.63, 3.8) is 0 Å². The summed E-state index contributed by atoms with van der Waals surface area (Å²) in [6, 6.07) is 0.590. The monoisotopic (exact) mass is 307 g/mol. The zero-order valence-electron chi connectivity index (χ0n) is 14.5. The minimum absolute atomic E-state index is 0.121. The summed E-state index contributed by atoms with van der Waals surface area (Å²) in [5, 5.41) is 12.5. The Labute approximate surface area is 133 Å². The van der Waals surface area contributed by atoms with Crippen molar-refractivity contribution in [1.29, 1.82) is 0 Å². The van der Waals surface area contributed by atoms with Crippen molar-refractivity contribution in [1.82, 2.24) is 25.1 Å². The van der Waals surface area contributed by atoms with Gasteiger partial charge in [0.15, 0.2) is 5.82 Å². The molecule has 0 bridgehead atoms. The van der Waals surface area contributed by atoms with Crippen LogP contribution in [-0.2, 0) is 16.8 Å². The van der Waals surface area contributed by atoms with Gasteiger partial charge in [-0.25, -0.2) is 0 Å². The van der Waals surface area contributed by atoms with Gasteiger partial charge in [0, 0.05) is 12.1 Å². The van der Waals surface area contributed by atoms with E-state index in [2.05, 4.69) is 29.3 Å². The molecule has 0 atom stereocenters. The fourth-order valence-electron chi connectivity index (χ4n) is 3.10. The summed E-state index contributed by atoms with van der Waals surface area (Å²) in [5.41, 5.74) is -0.213. The van der Waals surface area contributed by atoms with Gasteiger partial charge in [0.25, 0.3) is 0 Å². The van der Waals surface area contributed by atoms with Crippen LogP contribution in [0.3, 0.4) is 0 Å². The van der Waals surface area contributed by atoms with Crippen LogP contribution in [0.1, 0.15) is 72.5 Å². The number of rotatable bonds is 4. The second kappa shape index (κ2) is 6.75. The van der Waals surface area contributed by atoms with E-state index in [1.165, 1.54) is 19.3 Å². The van der Waals surface area contributed by atoms with E-state index in [0.717, 1.165) is 12.8 Å². The largest absolute Gasteiger partial charge is 0.337 e. The van der Waals surface area contributed by atoms with Gasteiger partial charge in [0.1, 0.15) is 0 Å². The smallest absolute Gasteiger partial charge is 0.230 e. The molecule has 1 heterocycles. The molecule has 6 nitrogen and oxygen atoms in total. The van der Waals surface area contributed by atoms with Crippen molar-refractivity contribution in [3.05, 3.63) is 5.82 Å². The molecule has 0 radical (unpaired) electrons. The zero-order valence-corrected chi connectivity index (χ0v) is 14.5. The molecule has 124 valence electrons. The second-order valence-corrected chi connectivity index (χ2v) is 7.53. The van der Waals surface area contributed by atoms with Gasteiger partial charge in [-0.15, -0.1) is 10.2 Å². The molecular weight excluding hydrogens is 278 g/mol. The first-order valence-electron chi connectivity index (χ1n) is 8.39. The van der Waals surface area contributed by atoms with E-state index in [-0.39, 0.29) is 23.9 Å². The van der Waals surface area contributed by atoms with Gasteiger partial charge in [0.2, 0.25) is 5.91 Å². The Balaban J connectivity index is 2.06. The fraction of sp³-hybridized carbons (Fsp3) is 0.875. The molecule has 1 aliphatic carbocycles. The lowest BCUT2D eigenvalue weighted by molar-refractivity contribution is -0.135. The van der Waals surface area contributed by atoms with E-state index in [9.17, 15) is 4.79 Å². The molecule has 0 aliphatic heterocycles. The van der Waals surface area contributed by atoms with Crippen molar-refractivity contribution in [2.75, 3.05) is 0 Å². The third-order valence-corrected chi connectivity index (χ3v) is 4.18. The summed E-state index contributed by atoms with van der Waals surface area (Å²) < 4.78 is 0. The van der Waals surface area contributed by atoms with Gasteiger partial charge in [-0.05, 0) is 52.7 Å². The molecule has 6 heteroatoms. The quantitative estimate of drug-likeness (QED) is 0.857. The van der Waals surface area contributed by atoms with Gasteiger partial charge in [0.05, 0.1) is 12.0 Å². The second-order valence-electron chi connectivity index (χ2n) is 7.53. The van der Waals surface area contributed by atoms with Crippen molar-refractivity contribution >= 4 is 5.91 Å². The maximum atomic E-state index is 12.7. The third kappa shape index (κ3) is 4.05. The van der Waals surface area contributed by atoms with Gasteiger partial charge >= 0.3 is 0 Å². The molecule has 1 aromatic heterocycles. The predicted molar refractivity (Wildman–Crippen MR) is 85.4 cm³/mol. The van der Waals surface area contributed by atoms with Crippen LogP contribution in [0.4, 0.5) is 0 Å². The Kier molecular flexibility index (Phi) is 5.19. The number of amides is 1. The van der Waals surface area contributed by atoms with Crippen molar-refractivity contribution in [2.24, 2.45) is 0 Å². The van der Waals surface area contributed by atoms with Gasteiger partial charge < -0.3 is 4.90 Å². The summed E-state index contributed by atoms with van der Waals surface area (Å²) in [4.78, 5) is 16.3. The lowest BCUT2D eigenvalue weighted by Crippen LogP contribution is -2.46. The molecule has 2 rings (SSSR count). The highest BCUT2D eigenvalue weighted by molar-refractivity contribution is 5.78. The molecule has 1 fully saturated rings. The summed E-state index contributed by atoms with van der Waals surface area (Å²) in [6.45, 7) is 10.2. The number of hydrogen-bond acceptors (Lipinski definition) is 4. The molecule has 0 aromatic carbocycles.